The maximum absolute atomic E-state index is 12.7. The zero-order valence-electron chi connectivity index (χ0n) is 17.3. The van der Waals surface area contributed by atoms with Crippen molar-refractivity contribution in [2.24, 2.45) is 0 Å². The Kier molecular flexibility index (Phi) is 8.53. The molecule has 1 saturated heterocycles. The quantitative estimate of drug-likeness (QED) is 0.481. The van der Waals surface area contributed by atoms with Crippen LogP contribution in [0.5, 0.6) is 0 Å². The first-order valence-electron chi connectivity index (χ1n) is 10.1. The van der Waals surface area contributed by atoms with E-state index in [1.54, 1.807) is 24.3 Å². The van der Waals surface area contributed by atoms with Crippen molar-refractivity contribution < 1.29 is 18.8 Å². The van der Waals surface area contributed by atoms with Gasteiger partial charge in [0.15, 0.2) is 10.8 Å². The van der Waals surface area contributed by atoms with Gasteiger partial charge in [0.2, 0.25) is 0 Å². The zero-order valence-corrected chi connectivity index (χ0v) is 18.9. The van der Waals surface area contributed by atoms with Crippen LogP contribution in [0.1, 0.15) is 10.4 Å². The molecular weight excluding hydrogens is 455 g/mol. The maximum Gasteiger partial charge on any atom is 0.338 e. The number of carbonyl (C=O) groups excluding carboxylic acids is 1. The molecule has 1 unspecified atom stereocenters. The Morgan fingerprint density at radius 1 is 1.00 bits per heavy atom. The summed E-state index contributed by atoms with van der Waals surface area (Å²) in [6.07, 6.45) is -0.602. The molecule has 1 aliphatic rings. The lowest BCUT2D eigenvalue weighted by molar-refractivity contribution is -0.0137. The van der Waals surface area contributed by atoms with Gasteiger partial charge in [-0.25, -0.2) is 4.79 Å². The van der Waals surface area contributed by atoms with Crippen molar-refractivity contribution in [2.45, 2.75) is 12.6 Å². The van der Waals surface area contributed by atoms with Crippen LogP contribution in [0.25, 0.3) is 11.3 Å². The Balaban J connectivity index is 0.00000289. The second kappa shape index (κ2) is 11.3. The Morgan fingerprint density at radius 3 is 2.28 bits per heavy atom. The molecule has 1 aliphatic heterocycles. The number of benzene rings is 2. The molecule has 0 bridgehead atoms. The van der Waals surface area contributed by atoms with Gasteiger partial charge >= 0.3 is 11.5 Å². The third-order valence-electron chi connectivity index (χ3n) is 5.07. The summed E-state index contributed by atoms with van der Waals surface area (Å²) in [5.74, 6) is -0.153. The fourth-order valence-electron chi connectivity index (χ4n) is 3.47. The van der Waals surface area contributed by atoms with Gasteiger partial charge in [0.1, 0.15) is 6.10 Å². The monoisotopic (exact) mass is 478 g/mol. The lowest BCUT2D eigenvalue weighted by atomic mass is 10.2. The highest BCUT2D eigenvalue weighted by Crippen LogP contribution is 2.25. The normalized spacial score (nSPS) is 15.0. The molecule has 1 atom stereocenters. The Morgan fingerprint density at radius 2 is 1.62 bits per heavy atom. The van der Waals surface area contributed by atoms with Crippen LogP contribution in [0.3, 0.4) is 0 Å². The van der Waals surface area contributed by atoms with E-state index in [-0.39, 0.29) is 24.0 Å². The fraction of sp³-hybridized carbons (Fsp3) is 0.304. The first-order valence-corrected chi connectivity index (χ1v) is 10.5. The molecule has 32 heavy (non-hydrogen) atoms. The summed E-state index contributed by atoms with van der Waals surface area (Å²) in [5.41, 5.74) is 0.696. The molecule has 0 saturated carbocycles. The Bertz CT molecular complexity index is 1060. The van der Waals surface area contributed by atoms with E-state index in [2.05, 4.69) is 4.90 Å². The van der Waals surface area contributed by atoms with E-state index in [1.807, 2.05) is 36.4 Å². The first kappa shape index (κ1) is 24.1. The summed E-state index contributed by atoms with van der Waals surface area (Å²) in [6.45, 7) is 3.19. The molecule has 4 rings (SSSR count). The number of hydrogen-bond acceptors (Lipinski definition) is 6. The van der Waals surface area contributed by atoms with Crippen molar-refractivity contribution >= 4 is 30.0 Å². The number of ether oxygens (including phenoxy) is 2. The largest absolute Gasteiger partial charge is 0.455 e. The molecule has 3 aromatic rings. The fourth-order valence-corrected chi connectivity index (χ4v) is 3.71. The van der Waals surface area contributed by atoms with Gasteiger partial charge in [-0.15, -0.1) is 12.4 Å². The van der Waals surface area contributed by atoms with Gasteiger partial charge in [-0.3, -0.25) is 9.69 Å². The second-order valence-electron chi connectivity index (χ2n) is 7.27. The standard InChI is InChI=1S/C23H23ClN2O5.ClH/c24-20-21(17-7-3-1-4-8-17)31-26(22(20)27)16-19(15-25-11-13-29-14-12-25)30-23(28)18-9-5-2-6-10-18;/h1-10,19H,11-16H2;1H. The first-order chi connectivity index (χ1) is 15.1. The molecule has 2 heterocycles. The van der Waals surface area contributed by atoms with Crippen LogP contribution in [-0.2, 0) is 16.0 Å². The summed E-state index contributed by atoms with van der Waals surface area (Å²) in [4.78, 5) is 27.5. The number of esters is 1. The predicted molar refractivity (Wildman–Crippen MR) is 124 cm³/mol. The van der Waals surface area contributed by atoms with Crippen LogP contribution >= 0.6 is 24.0 Å². The molecule has 0 radical (unpaired) electrons. The van der Waals surface area contributed by atoms with Gasteiger partial charge < -0.3 is 14.0 Å². The molecule has 2 aromatic carbocycles. The SMILES string of the molecule is Cl.O=C(OC(CN1CCOCC1)Cn1oc(-c2ccccc2)c(Cl)c1=O)c1ccccc1. The minimum absolute atomic E-state index is 0. The van der Waals surface area contributed by atoms with E-state index in [4.69, 9.17) is 25.6 Å². The number of carbonyl (C=O) groups is 1. The second-order valence-corrected chi connectivity index (χ2v) is 7.65. The summed E-state index contributed by atoms with van der Waals surface area (Å²) < 4.78 is 18.1. The van der Waals surface area contributed by atoms with Gasteiger partial charge in [-0.1, -0.05) is 60.1 Å². The van der Waals surface area contributed by atoms with Crippen LogP contribution in [0.2, 0.25) is 5.02 Å². The van der Waals surface area contributed by atoms with Gasteiger partial charge in [-0.2, -0.15) is 4.74 Å². The van der Waals surface area contributed by atoms with Crippen LogP contribution in [0.15, 0.2) is 70.0 Å². The number of rotatable bonds is 7. The molecule has 7 nitrogen and oxygen atoms in total. The van der Waals surface area contributed by atoms with E-state index in [0.29, 0.717) is 36.6 Å². The van der Waals surface area contributed by atoms with E-state index >= 15 is 0 Å². The number of hydrogen-bond donors (Lipinski definition) is 0. The molecule has 170 valence electrons. The Labute approximate surface area is 196 Å². The van der Waals surface area contributed by atoms with Gasteiger partial charge in [-0.05, 0) is 12.1 Å². The molecule has 0 spiro atoms. The van der Waals surface area contributed by atoms with Crippen molar-refractivity contribution in [3.05, 3.63) is 81.6 Å². The summed E-state index contributed by atoms with van der Waals surface area (Å²) in [7, 11) is 0. The minimum atomic E-state index is -0.602. The topological polar surface area (TPSA) is 73.9 Å². The third-order valence-corrected chi connectivity index (χ3v) is 5.40. The van der Waals surface area contributed by atoms with Crippen molar-refractivity contribution in [1.82, 2.24) is 9.64 Å². The van der Waals surface area contributed by atoms with E-state index in [1.165, 1.54) is 0 Å². The van der Waals surface area contributed by atoms with Crippen molar-refractivity contribution in [3.8, 4) is 11.3 Å². The van der Waals surface area contributed by atoms with Crippen LogP contribution < -0.4 is 5.56 Å². The number of halogens is 2. The lowest BCUT2D eigenvalue weighted by Gasteiger charge is -2.30. The number of aromatic nitrogens is 1. The van der Waals surface area contributed by atoms with Crippen molar-refractivity contribution in [2.75, 3.05) is 32.8 Å². The predicted octanol–water partition coefficient (Wildman–Crippen LogP) is 3.74. The molecular formula is C23H24Cl2N2O5. The van der Waals surface area contributed by atoms with E-state index < -0.39 is 17.6 Å². The van der Waals surface area contributed by atoms with E-state index in [0.717, 1.165) is 17.8 Å². The van der Waals surface area contributed by atoms with Crippen LogP contribution in [-0.4, -0.2) is 54.6 Å². The Hall–Kier alpha value is -2.58. The summed E-state index contributed by atoms with van der Waals surface area (Å²) in [5, 5.41) is 0.00529. The molecule has 0 amide bonds. The van der Waals surface area contributed by atoms with Crippen LogP contribution in [0, 0.1) is 0 Å². The highest BCUT2D eigenvalue weighted by Gasteiger charge is 2.25. The highest BCUT2D eigenvalue weighted by molar-refractivity contribution is 6.32. The minimum Gasteiger partial charge on any atom is -0.455 e. The molecule has 1 fully saturated rings. The van der Waals surface area contributed by atoms with Crippen LogP contribution in [0.4, 0.5) is 0 Å². The lowest BCUT2D eigenvalue weighted by Crippen LogP contribution is -2.44. The average molecular weight is 479 g/mol. The number of morpholine rings is 1. The maximum atomic E-state index is 12.7. The van der Waals surface area contributed by atoms with Crippen molar-refractivity contribution in [1.29, 1.82) is 0 Å². The summed E-state index contributed by atoms with van der Waals surface area (Å²) >= 11 is 6.26. The molecule has 9 heteroatoms. The smallest absolute Gasteiger partial charge is 0.338 e. The van der Waals surface area contributed by atoms with Gasteiger partial charge in [0, 0.05) is 25.2 Å². The van der Waals surface area contributed by atoms with Gasteiger partial charge in [0.05, 0.1) is 25.3 Å². The molecule has 1 aromatic heterocycles. The van der Waals surface area contributed by atoms with E-state index in [9.17, 15) is 9.59 Å². The third kappa shape index (κ3) is 5.81. The highest BCUT2D eigenvalue weighted by atomic mass is 35.5. The average Bonchev–Trinajstić information content (AvgIpc) is 3.09. The molecule has 0 aliphatic carbocycles. The molecule has 0 N–H and O–H groups in total. The number of nitrogens with zero attached hydrogens (tertiary/aromatic N) is 2. The van der Waals surface area contributed by atoms with Crippen molar-refractivity contribution in [3.63, 3.8) is 0 Å². The van der Waals surface area contributed by atoms with Gasteiger partial charge in [0.25, 0.3) is 0 Å². The zero-order chi connectivity index (χ0) is 21.6. The summed E-state index contributed by atoms with van der Waals surface area (Å²) in [6, 6.07) is 17.9.